The highest BCUT2D eigenvalue weighted by atomic mass is 16.6. The number of rotatable bonds is 11. The van der Waals surface area contributed by atoms with Gasteiger partial charge >= 0.3 is 18.2 Å². The second kappa shape index (κ2) is 16.2. The molecule has 0 bridgehead atoms. The van der Waals surface area contributed by atoms with Crippen LogP contribution in [0.5, 0.6) is 11.5 Å². The number of aryl methyl sites for hydroxylation is 1. The van der Waals surface area contributed by atoms with Crippen molar-refractivity contribution < 1.29 is 28.8 Å². The molecule has 0 saturated carbocycles. The number of non-ortho nitro benzene ring substituents is 1. The van der Waals surface area contributed by atoms with Crippen molar-refractivity contribution >= 4 is 23.8 Å². The van der Waals surface area contributed by atoms with Crippen LogP contribution < -0.4 is 14.8 Å². The number of likely N-dealkylation sites (tertiary alicyclic amines) is 3. The molecule has 49 heavy (non-hydrogen) atoms. The smallest absolute Gasteiger partial charge is 0.415 e. The standard InChI is InChI=1S/C33H43N9O7/c1-23-9-10-24(30(18-23)48-2)21-38(22-28-8-5-17-41(28)33(45)49-29-13-11-25(12-14-29)42(46)47)32(44)40-16-4-6-26(40)19-35-31(43)39-15-3-7-27(39)20-36-37-34/h9-14,18,26-28H,3-8,15-17,19-22H2,1-2H3,(H,35,43)/t26-,27-,28?/m0/s1. The molecule has 0 radical (unpaired) electrons. The third-order valence-corrected chi connectivity index (χ3v) is 9.48. The van der Waals surface area contributed by atoms with Crippen LogP contribution in [0.4, 0.5) is 20.1 Å². The van der Waals surface area contributed by atoms with Crippen LogP contribution in [0.3, 0.4) is 0 Å². The van der Waals surface area contributed by atoms with Crippen LogP contribution in [0.15, 0.2) is 47.6 Å². The molecule has 2 aromatic carbocycles. The normalized spacial score (nSPS) is 20.1. The fourth-order valence-electron chi connectivity index (χ4n) is 6.93. The van der Waals surface area contributed by atoms with Gasteiger partial charge in [0.15, 0.2) is 0 Å². The molecule has 2 aromatic rings. The zero-order valence-electron chi connectivity index (χ0n) is 27.9. The van der Waals surface area contributed by atoms with Crippen LogP contribution >= 0.6 is 0 Å². The summed E-state index contributed by atoms with van der Waals surface area (Å²) in [6.07, 6.45) is 3.93. The van der Waals surface area contributed by atoms with Crippen LogP contribution in [0.1, 0.15) is 49.7 Å². The van der Waals surface area contributed by atoms with Crippen LogP contribution in [0, 0.1) is 17.0 Å². The molecule has 0 spiro atoms. The SMILES string of the molecule is COc1cc(C)ccc1CN(CC1CCCN1C(=O)Oc1ccc([N+](=O)[O-])cc1)C(=O)N1CCC[C@H]1CNC(=O)N1CCC[C@H]1CN=[N+]=[N-]. The summed E-state index contributed by atoms with van der Waals surface area (Å²) in [6, 6.07) is 10.0. The third-order valence-electron chi connectivity index (χ3n) is 9.48. The van der Waals surface area contributed by atoms with Crippen molar-refractivity contribution in [2.75, 3.05) is 46.4 Å². The predicted octanol–water partition coefficient (Wildman–Crippen LogP) is 5.45. The molecule has 16 heteroatoms. The molecule has 3 aliphatic heterocycles. The van der Waals surface area contributed by atoms with Gasteiger partial charge in [-0.2, -0.15) is 0 Å². The van der Waals surface area contributed by atoms with E-state index < -0.39 is 11.0 Å². The summed E-state index contributed by atoms with van der Waals surface area (Å²) in [6.45, 7) is 4.53. The minimum Gasteiger partial charge on any atom is -0.496 e. The number of carbonyl (C=O) groups is 3. The Kier molecular flexibility index (Phi) is 11.6. The lowest BCUT2D eigenvalue weighted by Gasteiger charge is -2.35. The molecule has 3 atom stereocenters. The molecule has 1 unspecified atom stereocenters. The highest BCUT2D eigenvalue weighted by Crippen LogP contribution is 2.28. The average molecular weight is 678 g/mol. The Hall–Kier alpha value is -5.24. The van der Waals surface area contributed by atoms with Gasteiger partial charge in [-0.05, 0) is 74.7 Å². The van der Waals surface area contributed by atoms with Crippen molar-refractivity contribution in [2.24, 2.45) is 5.11 Å². The molecule has 0 aliphatic carbocycles. The zero-order chi connectivity index (χ0) is 34.9. The molecular formula is C33H43N9O7. The Morgan fingerprint density at radius 2 is 1.67 bits per heavy atom. The Morgan fingerprint density at radius 1 is 1.00 bits per heavy atom. The Labute approximate surface area is 284 Å². The molecule has 0 aromatic heterocycles. The third kappa shape index (κ3) is 8.62. The number of carbonyl (C=O) groups excluding carboxylic acids is 3. The molecule has 3 fully saturated rings. The van der Waals surface area contributed by atoms with E-state index in [1.807, 2.05) is 25.1 Å². The van der Waals surface area contributed by atoms with Crippen molar-refractivity contribution in [1.82, 2.24) is 24.9 Å². The number of nitrogens with one attached hydrogen (secondary N) is 1. The van der Waals surface area contributed by atoms with Gasteiger partial charge in [-0.3, -0.25) is 10.1 Å². The Morgan fingerprint density at radius 3 is 2.37 bits per heavy atom. The van der Waals surface area contributed by atoms with Crippen molar-refractivity contribution in [3.63, 3.8) is 0 Å². The first-order chi connectivity index (χ1) is 23.7. The molecule has 3 heterocycles. The minimum atomic E-state index is -0.584. The van der Waals surface area contributed by atoms with Gasteiger partial charge in [-0.1, -0.05) is 17.2 Å². The van der Waals surface area contributed by atoms with E-state index in [9.17, 15) is 24.5 Å². The first kappa shape index (κ1) is 35.1. The molecule has 262 valence electrons. The van der Waals surface area contributed by atoms with Gasteiger partial charge in [0.2, 0.25) is 0 Å². The maximum absolute atomic E-state index is 14.4. The Bertz CT molecular complexity index is 1570. The second-order valence-corrected chi connectivity index (χ2v) is 12.7. The fourth-order valence-corrected chi connectivity index (χ4v) is 6.93. The fraction of sp³-hybridized carbons (Fsp3) is 0.545. The predicted molar refractivity (Wildman–Crippen MR) is 179 cm³/mol. The van der Waals surface area contributed by atoms with Gasteiger partial charge in [0, 0.05) is 67.9 Å². The van der Waals surface area contributed by atoms with Gasteiger partial charge in [-0.25, -0.2) is 14.4 Å². The van der Waals surface area contributed by atoms with Crippen LogP contribution in [-0.4, -0.2) is 107 Å². The van der Waals surface area contributed by atoms with Crippen molar-refractivity contribution in [3.8, 4) is 11.5 Å². The molecule has 5 rings (SSSR count). The minimum absolute atomic E-state index is 0.107. The number of nitro groups is 1. The van der Waals surface area contributed by atoms with Gasteiger partial charge in [-0.15, -0.1) is 0 Å². The quantitative estimate of drug-likeness (QED) is 0.108. The van der Waals surface area contributed by atoms with E-state index in [4.69, 9.17) is 15.0 Å². The molecule has 3 saturated heterocycles. The summed E-state index contributed by atoms with van der Waals surface area (Å²) in [5.74, 6) is 0.850. The first-order valence-corrected chi connectivity index (χ1v) is 16.7. The zero-order valence-corrected chi connectivity index (χ0v) is 27.9. The van der Waals surface area contributed by atoms with Crippen molar-refractivity contribution in [2.45, 2.75) is 70.1 Å². The van der Waals surface area contributed by atoms with E-state index in [1.165, 1.54) is 24.3 Å². The van der Waals surface area contributed by atoms with Crippen LogP contribution in [0.2, 0.25) is 0 Å². The number of methoxy groups -OCH3 is 1. The summed E-state index contributed by atoms with van der Waals surface area (Å²) < 4.78 is 11.2. The highest BCUT2D eigenvalue weighted by Gasteiger charge is 2.37. The number of nitrogens with zero attached hydrogens (tertiary/aromatic N) is 8. The molecule has 3 aliphatic rings. The molecule has 16 nitrogen and oxygen atoms in total. The van der Waals surface area contributed by atoms with Gasteiger partial charge < -0.3 is 34.4 Å². The Balaban J connectivity index is 1.30. The highest BCUT2D eigenvalue weighted by molar-refractivity contribution is 5.77. The molecule has 1 N–H and O–H groups in total. The monoisotopic (exact) mass is 677 g/mol. The second-order valence-electron chi connectivity index (χ2n) is 12.7. The number of nitro benzene ring substituents is 1. The van der Waals surface area contributed by atoms with Gasteiger partial charge in [0.25, 0.3) is 5.69 Å². The van der Waals surface area contributed by atoms with E-state index in [0.29, 0.717) is 31.8 Å². The van der Waals surface area contributed by atoms with Gasteiger partial charge in [0.05, 0.1) is 30.7 Å². The number of amides is 5. The number of azide groups is 1. The maximum Gasteiger partial charge on any atom is 0.415 e. The molecular weight excluding hydrogens is 634 g/mol. The summed E-state index contributed by atoms with van der Waals surface area (Å²) in [5.41, 5.74) is 10.5. The summed E-state index contributed by atoms with van der Waals surface area (Å²) in [5, 5.41) is 17.7. The summed E-state index contributed by atoms with van der Waals surface area (Å²) in [4.78, 5) is 61.0. The van der Waals surface area contributed by atoms with Crippen molar-refractivity contribution in [1.29, 1.82) is 0 Å². The number of hydrogen-bond acceptors (Lipinski definition) is 8. The lowest BCUT2D eigenvalue weighted by molar-refractivity contribution is -0.384. The lowest BCUT2D eigenvalue weighted by Crippen LogP contribution is -2.53. The number of hydrogen-bond donors (Lipinski definition) is 1. The summed E-state index contributed by atoms with van der Waals surface area (Å²) >= 11 is 0. The van der Waals surface area contributed by atoms with E-state index in [2.05, 4.69) is 15.3 Å². The maximum atomic E-state index is 14.4. The largest absolute Gasteiger partial charge is 0.496 e. The number of urea groups is 2. The van der Waals surface area contributed by atoms with Crippen molar-refractivity contribution in [3.05, 3.63) is 74.1 Å². The van der Waals surface area contributed by atoms with E-state index in [0.717, 1.165) is 43.2 Å². The van der Waals surface area contributed by atoms with E-state index in [-0.39, 0.29) is 67.8 Å². The molecule has 5 amide bonds. The first-order valence-electron chi connectivity index (χ1n) is 16.7. The number of ether oxygens (including phenoxy) is 2. The van der Waals surface area contributed by atoms with Crippen LogP contribution in [-0.2, 0) is 6.54 Å². The number of benzene rings is 2. The topological polar surface area (TPSA) is 187 Å². The van der Waals surface area contributed by atoms with Crippen LogP contribution in [0.25, 0.3) is 10.4 Å². The lowest BCUT2D eigenvalue weighted by atomic mass is 10.1. The van der Waals surface area contributed by atoms with E-state index >= 15 is 0 Å². The van der Waals surface area contributed by atoms with E-state index in [1.54, 1.807) is 26.7 Å². The van der Waals surface area contributed by atoms with Gasteiger partial charge in [0.1, 0.15) is 11.5 Å². The summed E-state index contributed by atoms with van der Waals surface area (Å²) in [7, 11) is 1.59. The average Bonchev–Trinajstić information content (AvgIpc) is 3.88.